The molecular formula is C24H27N3O4S. The van der Waals surface area contributed by atoms with Crippen LogP contribution in [0.2, 0.25) is 0 Å². The molecule has 0 bridgehead atoms. The Labute approximate surface area is 191 Å². The molecule has 0 unspecified atom stereocenters. The summed E-state index contributed by atoms with van der Waals surface area (Å²) in [6.45, 7) is 7.71. The maximum atomic E-state index is 13.7. The lowest BCUT2D eigenvalue weighted by Gasteiger charge is -2.29. The van der Waals surface area contributed by atoms with Crippen molar-refractivity contribution in [3.63, 3.8) is 0 Å². The van der Waals surface area contributed by atoms with Crippen molar-refractivity contribution in [2.75, 3.05) is 57.5 Å². The van der Waals surface area contributed by atoms with E-state index in [0.29, 0.717) is 36.8 Å². The molecule has 0 atom stereocenters. The molecule has 3 aromatic rings. The van der Waals surface area contributed by atoms with E-state index in [1.807, 2.05) is 17.0 Å². The van der Waals surface area contributed by atoms with Gasteiger partial charge in [0, 0.05) is 31.7 Å². The Morgan fingerprint density at radius 3 is 2.72 bits per heavy atom. The summed E-state index contributed by atoms with van der Waals surface area (Å²) in [4.78, 5) is 22.7. The van der Waals surface area contributed by atoms with Gasteiger partial charge in [0.15, 0.2) is 16.6 Å². The van der Waals surface area contributed by atoms with Gasteiger partial charge < -0.3 is 14.2 Å². The van der Waals surface area contributed by atoms with Gasteiger partial charge in [0.05, 0.1) is 23.4 Å². The molecule has 7 nitrogen and oxygen atoms in total. The van der Waals surface area contributed by atoms with Crippen LogP contribution in [0.25, 0.3) is 10.2 Å². The minimum absolute atomic E-state index is 0.0765. The number of aromatic nitrogens is 1. The van der Waals surface area contributed by atoms with Crippen molar-refractivity contribution in [2.24, 2.45) is 0 Å². The molecule has 2 aliphatic rings. The first-order valence-electron chi connectivity index (χ1n) is 11.1. The first-order chi connectivity index (χ1) is 15.7. The van der Waals surface area contributed by atoms with E-state index in [-0.39, 0.29) is 5.91 Å². The number of carbonyl (C=O) groups is 1. The number of ether oxygens (including phenoxy) is 3. The third-order valence-electron chi connectivity index (χ3n) is 5.88. The van der Waals surface area contributed by atoms with E-state index in [1.54, 1.807) is 17.4 Å². The van der Waals surface area contributed by atoms with E-state index < -0.39 is 0 Å². The molecule has 0 radical (unpaired) electrons. The van der Waals surface area contributed by atoms with Crippen LogP contribution in [0.5, 0.6) is 11.5 Å². The van der Waals surface area contributed by atoms with Gasteiger partial charge >= 0.3 is 0 Å². The number of thiazole rings is 1. The molecule has 32 heavy (non-hydrogen) atoms. The Bertz CT molecular complexity index is 1110. The fourth-order valence-electron chi connectivity index (χ4n) is 4.08. The van der Waals surface area contributed by atoms with Gasteiger partial charge in [-0.15, -0.1) is 0 Å². The second kappa shape index (κ2) is 9.44. The van der Waals surface area contributed by atoms with Gasteiger partial charge in [0.1, 0.15) is 13.2 Å². The van der Waals surface area contributed by atoms with Gasteiger partial charge in [-0.3, -0.25) is 14.6 Å². The highest BCUT2D eigenvalue weighted by Gasteiger charge is 2.25. The lowest BCUT2D eigenvalue weighted by Crippen LogP contribution is -2.43. The molecule has 8 heteroatoms. The Balaban J connectivity index is 1.47. The van der Waals surface area contributed by atoms with Gasteiger partial charge in [0.25, 0.3) is 5.91 Å². The molecule has 2 aliphatic heterocycles. The van der Waals surface area contributed by atoms with Crippen molar-refractivity contribution in [3.8, 4) is 11.5 Å². The highest BCUT2D eigenvalue weighted by atomic mass is 32.1. The van der Waals surface area contributed by atoms with Crippen molar-refractivity contribution in [1.29, 1.82) is 0 Å². The Hall–Kier alpha value is -2.68. The fourth-order valence-corrected chi connectivity index (χ4v) is 5.12. The second-order valence-electron chi connectivity index (χ2n) is 7.88. The van der Waals surface area contributed by atoms with Crippen LogP contribution in [-0.4, -0.2) is 68.4 Å². The average molecular weight is 454 g/mol. The van der Waals surface area contributed by atoms with Crippen LogP contribution in [0.3, 0.4) is 0 Å². The number of hydrogen-bond acceptors (Lipinski definition) is 7. The molecular weight excluding hydrogens is 426 g/mol. The monoisotopic (exact) mass is 453 g/mol. The number of rotatable bonds is 6. The zero-order valence-electron chi connectivity index (χ0n) is 18.2. The lowest BCUT2D eigenvalue weighted by atomic mass is 10.1. The lowest BCUT2D eigenvalue weighted by molar-refractivity contribution is 0.0391. The summed E-state index contributed by atoms with van der Waals surface area (Å²) in [6.07, 6.45) is 0.907. The molecule has 1 amide bonds. The number of anilines is 1. The third-order valence-corrected chi connectivity index (χ3v) is 6.92. The van der Waals surface area contributed by atoms with Crippen molar-refractivity contribution >= 4 is 32.6 Å². The van der Waals surface area contributed by atoms with E-state index in [2.05, 4.69) is 30.0 Å². The number of carbonyl (C=O) groups excluding carboxylic acids is 1. The summed E-state index contributed by atoms with van der Waals surface area (Å²) >= 11 is 1.57. The predicted octanol–water partition coefficient (Wildman–Crippen LogP) is 3.61. The van der Waals surface area contributed by atoms with Crippen LogP contribution in [-0.2, 0) is 11.2 Å². The number of benzene rings is 2. The second-order valence-corrected chi connectivity index (χ2v) is 8.89. The maximum absolute atomic E-state index is 13.7. The number of hydrogen-bond donors (Lipinski definition) is 0. The van der Waals surface area contributed by atoms with Crippen molar-refractivity contribution in [3.05, 3.63) is 47.5 Å². The van der Waals surface area contributed by atoms with Crippen LogP contribution in [0.15, 0.2) is 36.4 Å². The van der Waals surface area contributed by atoms with E-state index >= 15 is 0 Å². The van der Waals surface area contributed by atoms with Crippen LogP contribution < -0.4 is 14.4 Å². The van der Waals surface area contributed by atoms with Crippen LogP contribution in [0.4, 0.5) is 5.13 Å². The van der Waals surface area contributed by atoms with E-state index in [0.717, 1.165) is 54.6 Å². The SMILES string of the molecule is CCc1cccc2sc(N(CCN3CCOCC3)C(=O)c3ccc4c(c3)OCCO4)nc12. The first kappa shape index (κ1) is 21.2. The highest BCUT2D eigenvalue weighted by Crippen LogP contribution is 2.34. The Kier molecular flexibility index (Phi) is 6.25. The summed E-state index contributed by atoms with van der Waals surface area (Å²) in [5.41, 5.74) is 2.76. The Morgan fingerprint density at radius 1 is 1.09 bits per heavy atom. The van der Waals surface area contributed by atoms with Crippen molar-refractivity contribution in [2.45, 2.75) is 13.3 Å². The summed E-state index contributed by atoms with van der Waals surface area (Å²) in [6, 6.07) is 11.6. The van der Waals surface area contributed by atoms with Gasteiger partial charge in [-0.05, 0) is 36.2 Å². The quantitative estimate of drug-likeness (QED) is 0.568. The molecule has 0 saturated carbocycles. The minimum Gasteiger partial charge on any atom is -0.486 e. The number of para-hydroxylation sites is 1. The standard InChI is InChI=1S/C24H27N3O4S/c1-2-17-4-3-5-21-22(17)25-24(32-21)27(9-8-26-10-12-29-13-11-26)23(28)18-6-7-19-20(16-18)31-15-14-30-19/h3-7,16H,2,8-15H2,1H3. The molecule has 168 valence electrons. The van der Waals surface area contributed by atoms with E-state index in [1.165, 1.54) is 5.56 Å². The summed E-state index contributed by atoms with van der Waals surface area (Å²) in [5, 5.41) is 0.731. The molecule has 1 saturated heterocycles. The average Bonchev–Trinajstić information content (AvgIpc) is 3.28. The molecule has 1 aromatic heterocycles. The third kappa shape index (κ3) is 4.30. The van der Waals surface area contributed by atoms with Crippen LogP contribution in [0, 0.1) is 0 Å². The van der Waals surface area contributed by atoms with E-state index in [9.17, 15) is 4.79 Å². The van der Waals surface area contributed by atoms with Gasteiger partial charge in [-0.2, -0.15) is 0 Å². The molecule has 0 spiro atoms. The zero-order chi connectivity index (χ0) is 21.9. The number of fused-ring (bicyclic) bond motifs is 2. The molecule has 0 N–H and O–H groups in total. The Morgan fingerprint density at radius 2 is 1.91 bits per heavy atom. The topological polar surface area (TPSA) is 64.1 Å². The van der Waals surface area contributed by atoms with E-state index in [4.69, 9.17) is 19.2 Å². The normalized spacial score (nSPS) is 16.3. The first-order valence-corrected chi connectivity index (χ1v) is 11.9. The van der Waals surface area contributed by atoms with Gasteiger partial charge in [-0.25, -0.2) is 4.98 Å². The minimum atomic E-state index is -0.0765. The number of nitrogens with zero attached hydrogens (tertiary/aromatic N) is 3. The highest BCUT2D eigenvalue weighted by molar-refractivity contribution is 7.22. The maximum Gasteiger partial charge on any atom is 0.260 e. The molecule has 3 heterocycles. The van der Waals surface area contributed by atoms with Gasteiger partial charge in [-0.1, -0.05) is 30.4 Å². The zero-order valence-corrected chi connectivity index (χ0v) is 19.0. The smallest absolute Gasteiger partial charge is 0.260 e. The number of aryl methyl sites for hydroxylation is 1. The van der Waals surface area contributed by atoms with Gasteiger partial charge in [0.2, 0.25) is 0 Å². The summed E-state index contributed by atoms with van der Waals surface area (Å²) in [5.74, 6) is 1.22. The molecule has 1 fully saturated rings. The summed E-state index contributed by atoms with van der Waals surface area (Å²) in [7, 11) is 0. The van der Waals surface area contributed by atoms with Crippen molar-refractivity contribution < 1.29 is 19.0 Å². The summed E-state index contributed by atoms with van der Waals surface area (Å²) < 4.78 is 17.9. The van der Waals surface area contributed by atoms with Crippen LogP contribution in [0.1, 0.15) is 22.8 Å². The molecule has 5 rings (SSSR count). The number of amides is 1. The molecule has 0 aliphatic carbocycles. The predicted molar refractivity (Wildman–Crippen MR) is 125 cm³/mol. The van der Waals surface area contributed by atoms with Crippen LogP contribution >= 0.6 is 11.3 Å². The largest absolute Gasteiger partial charge is 0.486 e. The van der Waals surface area contributed by atoms with Crippen molar-refractivity contribution in [1.82, 2.24) is 9.88 Å². The number of morpholine rings is 1. The fraction of sp³-hybridized carbons (Fsp3) is 0.417. The molecule has 2 aromatic carbocycles.